The van der Waals surface area contributed by atoms with Gasteiger partial charge >= 0.3 is 6.18 Å². The lowest BCUT2D eigenvalue weighted by Gasteiger charge is -2.32. The van der Waals surface area contributed by atoms with Gasteiger partial charge < -0.3 is 10.2 Å². The summed E-state index contributed by atoms with van der Waals surface area (Å²) in [7, 11) is 0. The molecule has 1 aromatic rings. The molecule has 1 aromatic heterocycles. The number of piperidine rings is 1. The summed E-state index contributed by atoms with van der Waals surface area (Å²) in [4.78, 5) is 13.7. The first-order chi connectivity index (χ1) is 9.85. The second-order valence-corrected chi connectivity index (χ2v) is 5.15. The van der Waals surface area contributed by atoms with Crippen molar-refractivity contribution >= 4 is 11.7 Å². The molecule has 0 aliphatic carbocycles. The number of nitrogens with zero attached hydrogens (tertiary/aromatic N) is 3. The van der Waals surface area contributed by atoms with Crippen molar-refractivity contribution in [2.45, 2.75) is 25.9 Å². The van der Waals surface area contributed by atoms with Gasteiger partial charge in [0.1, 0.15) is 6.54 Å². The Hall–Kier alpha value is -1.86. The molecule has 0 bridgehead atoms. The highest BCUT2D eigenvalue weighted by Crippen LogP contribution is 2.22. The summed E-state index contributed by atoms with van der Waals surface area (Å²) in [5.74, 6) is -0.366. The Labute approximate surface area is 120 Å². The SMILES string of the molecule is Cc1ccc(N2CCCC(C(=O)NCC(F)(F)F)C2)nn1. The molecule has 21 heavy (non-hydrogen) atoms. The Morgan fingerprint density at radius 3 is 2.81 bits per heavy atom. The average molecular weight is 302 g/mol. The van der Waals surface area contributed by atoms with Gasteiger partial charge in [0.25, 0.3) is 0 Å². The van der Waals surface area contributed by atoms with Gasteiger partial charge in [-0.3, -0.25) is 4.79 Å². The number of amides is 1. The molecule has 1 unspecified atom stereocenters. The van der Waals surface area contributed by atoms with Crippen LogP contribution in [0.4, 0.5) is 19.0 Å². The van der Waals surface area contributed by atoms with E-state index in [0.717, 1.165) is 18.7 Å². The fourth-order valence-electron chi connectivity index (χ4n) is 2.29. The Kier molecular flexibility index (Phi) is 4.64. The van der Waals surface area contributed by atoms with Gasteiger partial charge in [-0.1, -0.05) is 0 Å². The maximum absolute atomic E-state index is 12.1. The summed E-state index contributed by atoms with van der Waals surface area (Å²) in [6.07, 6.45) is -3.06. The summed E-state index contributed by atoms with van der Waals surface area (Å²) >= 11 is 0. The lowest BCUT2D eigenvalue weighted by molar-refractivity contribution is -0.140. The van der Waals surface area contributed by atoms with Gasteiger partial charge in [0.05, 0.1) is 11.6 Å². The van der Waals surface area contributed by atoms with Crippen LogP contribution < -0.4 is 10.2 Å². The van der Waals surface area contributed by atoms with E-state index >= 15 is 0 Å². The molecule has 5 nitrogen and oxygen atoms in total. The molecule has 1 atom stereocenters. The van der Waals surface area contributed by atoms with E-state index in [1.807, 2.05) is 23.2 Å². The molecule has 0 aromatic carbocycles. The number of halogens is 3. The Bertz CT molecular complexity index is 489. The standard InChI is InChI=1S/C13H17F3N4O/c1-9-4-5-11(19-18-9)20-6-2-3-10(7-20)12(21)17-8-13(14,15)16/h4-5,10H,2-3,6-8H2,1H3,(H,17,21). The number of aromatic nitrogens is 2. The first kappa shape index (κ1) is 15.5. The minimum Gasteiger partial charge on any atom is -0.354 e. The molecule has 1 fully saturated rings. The van der Waals surface area contributed by atoms with E-state index in [9.17, 15) is 18.0 Å². The van der Waals surface area contributed by atoms with E-state index in [4.69, 9.17) is 0 Å². The van der Waals surface area contributed by atoms with Gasteiger partial charge in [-0.15, -0.1) is 5.10 Å². The van der Waals surface area contributed by atoms with Crippen molar-refractivity contribution < 1.29 is 18.0 Å². The van der Waals surface area contributed by atoms with Crippen LogP contribution in [0, 0.1) is 12.8 Å². The molecule has 1 aliphatic heterocycles. The maximum atomic E-state index is 12.1. The maximum Gasteiger partial charge on any atom is 0.405 e. The second-order valence-electron chi connectivity index (χ2n) is 5.15. The number of rotatable bonds is 3. The fraction of sp³-hybridized carbons (Fsp3) is 0.615. The number of aryl methyl sites for hydroxylation is 1. The van der Waals surface area contributed by atoms with Gasteiger partial charge in [0.2, 0.25) is 5.91 Å². The predicted octanol–water partition coefficient (Wildman–Crippen LogP) is 1.68. The first-order valence-corrected chi connectivity index (χ1v) is 6.75. The second kappa shape index (κ2) is 6.28. The highest BCUT2D eigenvalue weighted by molar-refractivity contribution is 5.79. The highest BCUT2D eigenvalue weighted by atomic mass is 19.4. The Balaban J connectivity index is 1.94. The van der Waals surface area contributed by atoms with E-state index in [2.05, 4.69) is 10.2 Å². The number of alkyl halides is 3. The van der Waals surface area contributed by atoms with Crippen molar-refractivity contribution in [1.82, 2.24) is 15.5 Å². The molecule has 0 radical (unpaired) electrons. The van der Waals surface area contributed by atoms with Gasteiger partial charge in [0.15, 0.2) is 5.82 Å². The van der Waals surface area contributed by atoms with Gasteiger partial charge in [-0.05, 0) is 31.9 Å². The molecular formula is C13H17F3N4O. The number of hydrogen-bond donors (Lipinski definition) is 1. The van der Waals surface area contributed by atoms with Crippen molar-refractivity contribution in [3.05, 3.63) is 17.8 Å². The van der Waals surface area contributed by atoms with Crippen molar-refractivity contribution in [3.63, 3.8) is 0 Å². The number of carbonyl (C=O) groups excluding carboxylic acids is 1. The van der Waals surface area contributed by atoms with Crippen molar-refractivity contribution in [2.75, 3.05) is 24.5 Å². The zero-order chi connectivity index (χ0) is 15.5. The monoisotopic (exact) mass is 302 g/mol. The molecule has 2 heterocycles. The Morgan fingerprint density at radius 2 is 2.19 bits per heavy atom. The molecule has 1 aliphatic rings. The molecule has 2 rings (SSSR count). The van der Waals surface area contributed by atoms with Crippen molar-refractivity contribution in [3.8, 4) is 0 Å². The first-order valence-electron chi connectivity index (χ1n) is 6.75. The van der Waals surface area contributed by atoms with Crippen LogP contribution in [0.2, 0.25) is 0 Å². The van der Waals surface area contributed by atoms with Crippen LogP contribution >= 0.6 is 0 Å². The van der Waals surface area contributed by atoms with Gasteiger partial charge in [0, 0.05) is 13.1 Å². The number of nitrogens with one attached hydrogen (secondary N) is 1. The fourth-order valence-corrected chi connectivity index (χ4v) is 2.29. The van der Waals surface area contributed by atoms with E-state index in [1.54, 1.807) is 6.07 Å². The van der Waals surface area contributed by atoms with Crippen LogP contribution in [-0.4, -0.2) is 41.9 Å². The summed E-state index contributed by atoms with van der Waals surface area (Å²) < 4.78 is 36.4. The Morgan fingerprint density at radius 1 is 1.43 bits per heavy atom. The van der Waals surface area contributed by atoms with Crippen LogP contribution in [0.15, 0.2) is 12.1 Å². The van der Waals surface area contributed by atoms with Crippen molar-refractivity contribution in [2.24, 2.45) is 5.92 Å². The summed E-state index contributed by atoms with van der Waals surface area (Å²) in [5.41, 5.74) is 0.787. The third-order valence-corrected chi connectivity index (χ3v) is 3.36. The molecule has 116 valence electrons. The molecule has 1 amide bonds. The van der Waals surface area contributed by atoms with Gasteiger partial charge in [-0.25, -0.2) is 0 Å². The van der Waals surface area contributed by atoms with Crippen LogP contribution in [0.5, 0.6) is 0 Å². The van der Waals surface area contributed by atoms with E-state index < -0.39 is 24.5 Å². The minimum atomic E-state index is -4.38. The largest absolute Gasteiger partial charge is 0.405 e. The summed E-state index contributed by atoms with van der Waals surface area (Å²) in [6.45, 7) is 1.62. The minimum absolute atomic E-state index is 0.363. The van der Waals surface area contributed by atoms with Crippen molar-refractivity contribution in [1.29, 1.82) is 0 Å². The molecule has 1 saturated heterocycles. The lowest BCUT2D eigenvalue weighted by atomic mass is 9.97. The van der Waals surface area contributed by atoms with Crippen LogP contribution in [0.1, 0.15) is 18.5 Å². The van der Waals surface area contributed by atoms with Crippen LogP contribution in [0.3, 0.4) is 0 Å². The van der Waals surface area contributed by atoms with E-state index in [0.29, 0.717) is 18.8 Å². The normalized spacial score (nSPS) is 19.4. The number of carbonyl (C=O) groups is 1. The smallest absolute Gasteiger partial charge is 0.354 e. The third-order valence-electron chi connectivity index (χ3n) is 3.36. The average Bonchev–Trinajstić information content (AvgIpc) is 2.45. The topological polar surface area (TPSA) is 58.1 Å². The zero-order valence-corrected chi connectivity index (χ0v) is 11.7. The molecule has 8 heteroatoms. The lowest BCUT2D eigenvalue weighted by Crippen LogP contribution is -2.45. The van der Waals surface area contributed by atoms with Crippen LogP contribution in [-0.2, 0) is 4.79 Å². The van der Waals surface area contributed by atoms with E-state index in [1.165, 1.54) is 0 Å². The number of anilines is 1. The molecule has 0 saturated carbocycles. The molecule has 1 N–H and O–H groups in total. The zero-order valence-electron chi connectivity index (χ0n) is 11.7. The highest BCUT2D eigenvalue weighted by Gasteiger charge is 2.31. The predicted molar refractivity (Wildman–Crippen MR) is 70.8 cm³/mol. The number of hydrogen-bond acceptors (Lipinski definition) is 4. The molecular weight excluding hydrogens is 285 g/mol. The quantitative estimate of drug-likeness (QED) is 0.923. The van der Waals surface area contributed by atoms with E-state index in [-0.39, 0.29) is 0 Å². The summed E-state index contributed by atoms with van der Waals surface area (Å²) in [5, 5.41) is 9.94. The third kappa shape index (κ3) is 4.57. The summed E-state index contributed by atoms with van der Waals surface area (Å²) in [6, 6.07) is 3.62. The van der Waals surface area contributed by atoms with Gasteiger partial charge in [-0.2, -0.15) is 18.3 Å². The van der Waals surface area contributed by atoms with Crippen LogP contribution in [0.25, 0.3) is 0 Å². The molecule has 0 spiro atoms.